The number of hydrogen-bond donors (Lipinski definition) is 0. The van der Waals surface area contributed by atoms with Crippen molar-refractivity contribution in [3.05, 3.63) is 58.7 Å². The minimum atomic E-state index is -4.70. The van der Waals surface area contributed by atoms with Crippen LogP contribution in [-0.4, -0.2) is 0 Å². The monoisotopic (exact) mass is 308 g/mol. The standard InChI is InChI=1S/C15H5F5N2/c16-13-5-10(3-11(7-22)14(13)17)9-1-8(6-21)2-12(4-9)15(18,19)20/h1-5H. The molecule has 2 aromatic rings. The SMILES string of the molecule is N#Cc1cc(-c2cc(F)c(F)c(C#N)c2)cc(C(F)(F)F)c1. The molecule has 0 radical (unpaired) electrons. The molecular weight excluding hydrogens is 303 g/mol. The molecule has 0 N–H and O–H groups in total. The lowest BCUT2D eigenvalue weighted by Gasteiger charge is -2.10. The first-order valence-electron chi connectivity index (χ1n) is 5.78. The summed E-state index contributed by atoms with van der Waals surface area (Å²) in [4.78, 5) is 0. The summed E-state index contributed by atoms with van der Waals surface area (Å²) in [6.07, 6.45) is -4.70. The van der Waals surface area contributed by atoms with Crippen molar-refractivity contribution in [1.29, 1.82) is 10.5 Å². The summed E-state index contributed by atoms with van der Waals surface area (Å²) in [5.41, 5.74) is -2.27. The molecule has 22 heavy (non-hydrogen) atoms. The molecule has 0 aliphatic rings. The molecule has 0 unspecified atom stereocenters. The van der Waals surface area contributed by atoms with Crippen LogP contribution < -0.4 is 0 Å². The molecule has 0 aliphatic heterocycles. The average Bonchev–Trinajstić information content (AvgIpc) is 2.48. The Morgan fingerprint density at radius 2 is 1.45 bits per heavy atom. The van der Waals surface area contributed by atoms with Crippen LogP contribution in [0.15, 0.2) is 30.3 Å². The molecular formula is C15H5F5N2. The lowest BCUT2D eigenvalue weighted by atomic mass is 9.98. The van der Waals surface area contributed by atoms with Crippen LogP contribution in [0.4, 0.5) is 22.0 Å². The van der Waals surface area contributed by atoms with Crippen molar-refractivity contribution in [2.75, 3.05) is 0 Å². The van der Waals surface area contributed by atoms with Crippen molar-refractivity contribution < 1.29 is 22.0 Å². The molecule has 0 bridgehead atoms. The summed E-state index contributed by atoms with van der Waals surface area (Å²) in [5, 5.41) is 17.5. The van der Waals surface area contributed by atoms with E-state index in [-0.39, 0.29) is 16.7 Å². The fraction of sp³-hybridized carbons (Fsp3) is 0.0667. The fourth-order valence-corrected chi connectivity index (χ4v) is 1.86. The second-order valence-corrected chi connectivity index (χ2v) is 4.34. The normalized spacial score (nSPS) is 10.9. The summed E-state index contributed by atoms with van der Waals surface area (Å²) in [6.45, 7) is 0. The predicted octanol–water partition coefficient (Wildman–Crippen LogP) is 4.39. The van der Waals surface area contributed by atoms with Gasteiger partial charge in [-0.3, -0.25) is 0 Å². The number of nitriles is 2. The quantitative estimate of drug-likeness (QED) is 0.733. The smallest absolute Gasteiger partial charge is 0.204 e. The lowest BCUT2D eigenvalue weighted by molar-refractivity contribution is -0.137. The molecule has 2 aromatic carbocycles. The van der Waals surface area contributed by atoms with Gasteiger partial charge >= 0.3 is 6.18 Å². The molecule has 2 nitrogen and oxygen atoms in total. The van der Waals surface area contributed by atoms with Gasteiger partial charge in [0.1, 0.15) is 6.07 Å². The number of nitrogens with zero attached hydrogens (tertiary/aromatic N) is 2. The highest BCUT2D eigenvalue weighted by molar-refractivity contribution is 5.68. The molecule has 2 rings (SSSR count). The Morgan fingerprint density at radius 3 is 2.00 bits per heavy atom. The molecule has 0 atom stereocenters. The third kappa shape index (κ3) is 2.89. The van der Waals surface area contributed by atoms with Crippen molar-refractivity contribution >= 4 is 0 Å². The maximum atomic E-state index is 13.4. The predicted molar refractivity (Wildman–Crippen MR) is 66.2 cm³/mol. The minimum Gasteiger partial charge on any atom is -0.204 e. The third-order valence-corrected chi connectivity index (χ3v) is 2.87. The van der Waals surface area contributed by atoms with E-state index in [0.29, 0.717) is 18.2 Å². The van der Waals surface area contributed by atoms with Crippen LogP contribution in [0, 0.1) is 34.3 Å². The Labute approximate surface area is 121 Å². The third-order valence-electron chi connectivity index (χ3n) is 2.87. The number of alkyl halides is 3. The molecule has 0 heterocycles. The van der Waals surface area contributed by atoms with Crippen molar-refractivity contribution in [2.45, 2.75) is 6.18 Å². The Hall–Kier alpha value is -2.93. The van der Waals surface area contributed by atoms with Gasteiger partial charge in [-0.15, -0.1) is 0 Å². The van der Waals surface area contributed by atoms with Crippen molar-refractivity contribution in [3.8, 4) is 23.3 Å². The molecule has 0 spiro atoms. The Morgan fingerprint density at radius 1 is 0.818 bits per heavy atom. The molecule has 0 saturated carbocycles. The molecule has 0 amide bonds. The molecule has 0 aromatic heterocycles. The zero-order valence-corrected chi connectivity index (χ0v) is 10.7. The van der Waals surface area contributed by atoms with Crippen molar-refractivity contribution in [2.24, 2.45) is 0 Å². The highest BCUT2D eigenvalue weighted by Crippen LogP contribution is 2.34. The first kappa shape index (κ1) is 15.5. The van der Waals surface area contributed by atoms with Gasteiger partial charge in [-0.05, 0) is 41.5 Å². The van der Waals surface area contributed by atoms with Gasteiger partial charge in [-0.25, -0.2) is 8.78 Å². The van der Waals surface area contributed by atoms with E-state index in [4.69, 9.17) is 10.5 Å². The summed E-state index contributed by atoms with van der Waals surface area (Å²) in [6, 6.07) is 7.04. The van der Waals surface area contributed by atoms with E-state index in [0.717, 1.165) is 12.1 Å². The molecule has 0 aliphatic carbocycles. The second-order valence-electron chi connectivity index (χ2n) is 4.34. The Bertz CT molecular complexity index is 826. The number of halogens is 5. The highest BCUT2D eigenvalue weighted by Gasteiger charge is 2.31. The lowest BCUT2D eigenvalue weighted by Crippen LogP contribution is -2.05. The van der Waals surface area contributed by atoms with Gasteiger partial charge in [-0.1, -0.05) is 0 Å². The number of benzene rings is 2. The van der Waals surface area contributed by atoms with Gasteiger partial charge in [0.15, 0.2) is 11.6 Å². The van der Waals surface area contributed by atoms with Gasteiger partial charge in [0, 0.05) is 0 Å². The molecule has 7 heteroatoms. The molecule has 110 valence electrons. The zero-order chi connectivity index (χ0) is 16.5. The average molecular weight is 308 g/mol. The number of hydrogen-bond acceptors (Lipinski definition) is 2. The summed E-state index contributed by atoms with van der Waals surface area (Å²) in [7, 11) is 0. The Balaban J connectivity index is 2.71. The number of rotatable bonds is 1. The van der Waals surface area contributed by atoms with E-state index in [9.17, 15) is 22.0 Å². The first-order chi connectivity index (χ1) is 10.3. The summed E-state index contributed by atoms with van der Waals surface area (Å²) >= 11 is 0. The maximum absolute atomic E-state index is 13.4. The van der Waals surface area contributed by atoms with Crippen LogP contribution in [0.1, 0.15) is 16.7 Å². The molecule has 0 saturated heterocycles. The van der Waals surface area contributed by atoms with Crippen LogP contribution in [-0.2, 0) is 6.18 Å². The highest BCUT2D eigenvalue weighted by atomic mass is 19.4. The topological polar surface area (TPSA) is 47.6 Å². The van der Waals surface area contributed by atoms with E-state index in [2.05, 4.69) is 0 Å². The summed E-state index contributed by atoms with van der Waals surface area (Å²) < 4.78 is 65.1. The van der Waals surface area contributed by atoms with Gasteiger partial charge < -0.3 is 0 Å². The van der Waals surface area contributed by atoms with Gasteiger partial charge in [0.2, 0.25) is 0 Å². The van der Waals surface area contributed by atoms with E-state index >= 15 is 0 Å². The maximum Gasteiger partial charge on any atom is 0.416 e. The van der Waals surface area contributed by atoms with E-state index in [1.165, 1.54) is 6.07 Å². The summed E-state index contributed by atoms with van der Waals surface area (Å²) in [5.74, 6) is -2.73. The van der Waals surface area contributed by atoms with E-state index < -0.39 is 28.9 Å². The van der Waals surface area contributed by atoms with Crippen molar-refractivity contribution in [1.82, 2.24) is 0 Å². The van der Waals surface area contributed by atoms with Gasteiger partial charge in [-0.2, -0.15) is 23.7 Å². The van der Waals surface area contributed by atoms with Crippen molar-refractivity contribution in [3.63, 3.8) is 0 Å². The van der Waals surface area contributed by atoms with Gasteiger partial charge in [0.25, 0.3) is 0 Å². The molecule has 0 fully saturated rings. The van der Waals surface area contributed by atoms with Crippen LogP contribution in [0.25, 0.3) is 11.1 Å². The van der Waals surface area contributed by atoms with Crippen LogP contribution in [0.2, 0.25) is 0 Å². The Kier molecular flexibility index (Phi) is 3.83. The zero-order valence-electron chi connectivity index (χ0n) is 10.7. The second kappa shape index (κ2) is 5.45. The van der Waals surface area contributed by atoms with Crippen LogP contribution >= 0.6 is 0 Å². The van der Waals surface area contributed by atoms with E-state index in [1.54, 1.807) is 6.07 Å². The van der Waals surface area contributed by atoms with Crippen LogP contribution in [0.3, 0.4) is 0 Å². The first-order valence-corrected chi connectivity index (χ1v) is 5.78. The van der Waals surface area contributed by atoms with Crippen LogP contribution in [0.5, 0.6) is 0 Å². The van der Waals surface area contributed by atoms with Gasteiger partial charge in [0.05, 0.1) is 22.8 Å². The largest absolute Gasteiger partial charge is 0.416 e. The fourth-order valence-electron chi connectivity index (χ4n) is 1.86. The minimum absolute atomic E-state index is 0.127. The van der Waals surface area contributed by atoms with E-state index in [1.807, 2.05) is 0 Å².